The van der Waals surface area contributed by atoms with Crippen molar-refractivity contribution in [1.82, 2.24) is 9.80 Å². The van der Waals surface area contributed by atoms with E-state index in [1.54, 1.807) is 0 Å². The van der Waals surface area contributed by atoms with E-state index in [1.807, 2.05) is 37.3 Å². The number of carboxylic acid groups (broad SMARTS) is 1. The van der Waals surface area contributed by atoms with Gasteiger partial charge in [-0.15, -0.1) is 0 Å². The van der Waals surface area contributed by atoms with Crippen LogP contribution in [0.25, 0.3) is 0 Å². The van der Waals surface area contributed by atoms with Crippen LogP contribution < -0.4 is 15.8 Å². The number of nitrogens with zero attached hydrogens (tertiary/aromatic N) is 2. The number of anilines is 1. The van der Waals surface area contributed by atoms with Gasteiger partial charge < -0.3 is 30.5 Å². The second kappa shape index (κ2) is 14.2. The Kier molecular flexibility index (Phi) is 10.5. The number of ether oxygens (including phenoxy) is 2. The number of benzene rings is 2. The molecule has 2 aromatic rings. The Balaban J connectivity index is 1.18. The Hall–Kier alpha value is -3.79. The maximum absolute atomic E-state index is 12.9. The van der Waals surface area contributed by atoms with Crippen molar-refractivity contribution in [3.63, 3.8) is 0 Å². The number of nitrogens with two attached hydrogens (primary N) is 1. The van der Waals surface area contributed by atoms with Gasteiger partial charge in [-0.25, -0.2) is 9.59 Å². The van der Waals surface area contributed by atoms with Crippen molar-refractivity contribution in [2.24, 2.45) is 11.7 Å². The van der Waals surface area contributed by atoms with Crippen molar-refractivity contribution in [1.29, 1.82) is 0 Å². The van der Waals surface area contributed by atoms with Crippen LogP contribution in [0.5, 0.6) is 5.75 Å². The third-order valence-corrected chi connectivity index (χ3v) is 8.13. The van der Waals surface area contributed by atoms with Crippen LogP contribution >= 0.6 is 0 Å². The summed E-state index contributed by atoms with van der Waals surface area (Å²) in [5.74, 6) is 1.05. The molecule has 0 bridgehead atoms. The molecule has 1 saturated heterocycles. The Morgan fingerprint density at radius 3 is 2.54 bits per heavy atom. The first-order valence-corrected chi connectivity index (χ1v) is 14.4. The van der Waals surface area contributed by atoms with Crippen LogP contribution in [-0.4, -0.2) is 77.8 Å². The van der Waals surface area contributed by atoms with Gasteiger partial charge in [-0.05, 0) is 80.5 Å². The van der Waals surface area contributed by atoms with Gasteiger partial charge in [0.2, 0.25) is 0 Å². The highest BCUT2D eigenvalue weighted by Gasteiger charge is 2.28. The molecule has 0 spiro atoms. The first-order valence-electron chi connectivity index (χ1n) is 14.4. The standard InChI is InChI=1S/C31H42N4O6/c1-21-16-26(9-6-25(21)20-34-13-14-35(31(38)39)22(2)19-34)33-18-29(36)24-7-10-27(11-8-24)41-28-5-3-4-23(17-28)12-15-40-30(32)37/h3-6,9,16-17,22,24,27,33H,7-8,10-15,18-20H2,1-2H3,(H2,32,37)(H,38,39)/t22-,24?,27?/m0/s1. The number of aryl methyl sites for hydroxylation is 1. The van der Waals surface area contributed by atoms with Gasteiger partial charge in [-0.2, -0.15) is 0 Å². The van der Waals surface area contributed by atoms with Gasteiger partial charge >= 0.3 is 12.2 Å². The summed E-state index contributed by atoms with van der Waals surface area (Å²) in [6.45, 7) is 7.30. The van der Waals surface area contributed by atoms with Gasteiger partial charge in [0.15, 0.2) is 5.78 Å². The molecule has 4 N–H and O–H groups in total. The van der Waals surface area contributed by atoms with Crippen molar-refractivity contribution in [3.05, 3.63) is 59.2 Å². The van der Waals surface area contributed by atoms with Crippen molar-refractivity contribution in [2.45, 2.75) is 64.6 Å². The molecule has 10 heteroatoms. The zero-order valence-electron chi connectivity index (χ0n) is 24.0. The lowest BCUT2D eigenvalue weighted by Crippen LogP contribution is -2.53. The SMILES string of the molecule is Cc1cc(NCC(=O)C2CCC(Oc3cccc(CCOC(N)=O)c3)CC2)ccc1CN1CCN(C(=O)O)[C@@H](C)C1. The second-order valence-corrected chi connectivity index (χ2v) is 11.2. The van der Waals surface area contributed by atoms with Crippen molar-refractivity contribution < 1.29 is 29.0 Å². The highest BCUT2D eigenvalue weighted by atomic mass is 16.5. The largest absolute Gasteiger partial charge is 0.490 e. The summed E-state index contributed by atoms with van der Waals surface area (Å²) in [6.07, 6.45) is 2.30. The first-order chi connectivity index (χ1) is 19.7. The van der Waals surface area contributed by atoms with E-state index in [4.69, 9.17) is 15.2 Å². The number of ketones is 1. The highest BCUT2D eigenvalue weighted by molar-refractivity contribution is 5.85. The van der Waals surface area contributed by atoms with Gasteiger partial charge in [0.25, 0.3) is 0 Å². The molecule has 0 unspecified atom stereocenters. The fourth-order valence-corrected chi connectivity index (χ4v) is 5.76. The minimum atomic E-state index is -0.854. The monoisotopic (exact) mass is 566 g/mol. The van der Waals surface area contributed by atoms with E-state index in [9.17, 15) is 19.5 Å². The van der Waals surface area contributed by atoms with E-state index in [0.29, 0.717) is 26.1 Å². The normalized spacial score (nSPS) is 21.2. The quantitative estimate of drug-likeness (QED) is 0.364. The van der Waals surface area contributed by atoms with Crippen LogP contribution in [-0.2, 0) is 22.5 Å². The number of primary amides is 1. The minimum Gasteiger partial charge on any atom is -0.490 e. The number of Topliss-reactive ketones (excluding diaryl/α,β-unsaturated/α-hetero) is 1. The fraction of sp³-hybridized carbons (Fsp3) is 0.516. The van der Waals surface area contributed by atoms with Gasteiger partial charge in [-0.3, -0.25) is 9.69 Å². The molecule has 2 fully saturated rings. The van der Waals surface area contributed by atoms with Gasteiger partial charge in [0, 0.05) is 50.2 Å². The van der Waals surface area contributed by atoms with Crippen molar-refractivity contribution in [2.75, 3.05) is 38.1 Å². The predicted octanol–water partition coefficient (Wildman–Crippen LogP) is 4.44. The molecule has 1 heterocycles. The number of amides is 2. The number of hydrogen-bond donors (Lipinski definition) is 3. The number of hydrogen-bond acceptors (Lipinski definition) is 7. The summed E-state index contributed by atoms with van der Waals surface area (Å²) in [4.78, 5) is 38.8. The molecule has 0 aromatic heterocycles. The molecule has 1 saturated carbocycles. The van der Waals surface area contributed by atoms with Crippen LogP contribution in [0.2, 0.25) is 0 Å². The van der Waals surface area contributed by atoms with E-state index < -0.39 is 12.2 Å². The Bertz CT molecular complexity index is 1210. The number of rotatable bonds is 11. The van der Waals surface area contributed by atoms with E-state index in [0.717, 1.165) is 61.3 Å². The average Bonchev–Trinajstić information content (AvgIpc) is 2.93. The molecule has 41 heavy (non-hydrogen) atoms. The van der Waals surface area contributed by atoms with E-state index in [-0.39, 0.29) is 30.5 Å². The first kappa shape index (κ1) is 30.2. The topological polar surface area (TPSA) is 134 Å². The predicted molar refractivity (Wildman–Crippen MR) is 156 cm³/mol. The lowest BCUT2D eigenvalue weighted by atomic mass is 9.84. The highest BCUT2D eigenvalue weighted by Crippen LogP contribution is 2.29. The molecular weight excluding hydrogens is 524 g/mol. The van der Waals surface area contributed by atoms with Crippen LogP contribution in [0.4, 0.5) is 15.3 Å². The van der Waals surface area contributed by atoms with Gasteiger partial charge in [0.05, 0.1) is 19.3 Å². The number of carbonyl (C=O) groups excluding carboxylic acids is 2. The van der Waals surface area contributed by atoms with Crippen LogP contribution in [0.15, 0.2) is 42.5 Å². The van der Waals surface area contributed by atoms with Gasteiger partial charge in [0.1, 0.15) is 5.75 Å². The van der Waals surface area contributed by atoms with Crippen molar-refractivity contribution in [3.8, 4) is 5.75 Å². The van der Waals surface area contributed by atoms with Crippen molar-refractivity contribution >= 4 is 23.7 Å². The average molecular weight is 567 g/mol. The summed E-state index contributed by atoms with van der Waals surface area (Å²) in [5, 5.41) is 12.6. The Morgan fingerprint density at radius 2 is 1.85 bits per heavy atom. The molecule has 2 aliphatic rings. The van der Waals surface area contributed by atoms with Crippen LogP contribution in [0, 0.1) is 12.8 Å². The lowest BCUT2D eigenvalue weighted by molar-refractivity contribution is -0.122. The Labute approximate surface area is 241 Å². The molecule has 10 nitrogen and oxygen atoms in total. The summed E-state index contributed by atoms with van der Waals surface area (Å²) < 4.78 is 11.0. The molecule has 2 amide bonds. The molecule has 1 aliphatic heterocycles. The smallest absolute Gasteiger partial charge is 0.407 e. The molecule has 0 radical (unpaired) electrons. The molecule has 2 aromatic carbocycles. The summed E-state index contributed by atoms with van der Waals surface area (Å²) >= 11 is 0. The third-order valence-electron chi connectivity index (χ3n) is 8.13. The van der Waals surface area contributed by atoms with Gasteiger partial charge in [-0.1, -0.05) is 18.2 Å². The summed E-state index contributed by atoms with van der Waals surface area (Å²) in [6, 6.07) is 13.9. The number of nitrogens with one attached hydrogen (secondary N) is 1. The van der Waals surface area contributed by atoms with Crippen LogP contribution in [0.3, 0.4) is 0 Å². The molecular formula is C31H42N4O6. The maximum atomic E-state index is 12.9. The summed E-state index contributed by atoms with van der Waals surface area (Å²) in [7, 11) is 0. The summed E-state index contributed by atoms with van der Waals surface area (Å²) in [5.41, 5.74) is 9.32. The molecule has 1 aliphatic carbocycles. The maximum Gasteiger partial charge on any atom is 0.407 e. The number of piperazine rings is 1. The third kappa shape index (κ3) is 8.85. The lowest BCUT2D eigenvalue weighted by Gasteiger charge is -2.38. The molecule has 1 atom stereocenters. The number of carbonyl (C=O) groups is 3. The Morgan fingerprint density at radius 1 is 1.07 bits per heavy atom. The molecule has 4 rings (SSSR count). The van der Waals surface area contributed by atoms with Crippen LogP contribution in [0.1, 0.15) is 49.3 Å². The van der Waals surface area contributed by atoms with E-state index in [2.05, 4.69) is 29.3 Å². The zero-order chi connectivity index (χ0) is 29.4. The fourth-order valence-electron chi connectivity index (χ4n) is 5.76. The molecule has 222 valence electrons. The van der Waals surface area contributed by atoms with E-state index >= 15 is 0 Å². The second-order valence-electron chi connectivity index (χ2n) is 11.2. The zero-order valence-corrected chi connectivity index (χ0v) is 24.0. The minimum absolute atomic E-state index is 0.0255. The van der Waals surface area contributed by atoms with E-state index in [1.165, 1.54) is 10.5 Å².